The van der Waals surface area contributed by atoms with E-state index in [9.17, 15) is 4.79 Å². The first-order valence-electron chi connectivity index (χ1n) is 9.05. The van der Waals surface area contributed by atoms with Crippen LogP contribution in [0.4, 0.5) is 4.79 Å². The summed E-state index contributed by atoms with van der Waals surface area (Å²) in [5.41, 5.74) is 2.18. The van der Waals surface area contributed by atoms with Gasteiger partial charge in [0, 0.05) is 16.7 Å². The van der Waals surface area contributed by atoms with Crippen molar-refractivity contribution in [1.82, 2.24) is 5.32 Å². The molecule has 0 radical (unpaired) electrons. The molecule has 3 heteroatoms. The Kier molecular flexibility index (Phi) is 5.04. The van der Waals surface area contributed by atoms with Crippen LogP contribution in [0.5, 0.6) is 0 Å². The van der Waals surface area contributed by atoms with Gasteiger partial charge in [-0.1, -0.05) is 42.2 Å². The number of nitrogens with one attached hydrogen (secondary N) is 1. The van der Waals surface area contributed by atoms with Crippen LogP contribution in [0, 0.1) is 11.8 Å². The first-order valence-corrected chi connectivity index (χ1v) is 9.05. The molecule has 26 heavy (non-hydrogen) atoms. The maximum atomic E-state index is 12.2. The number of alkyl carbamates (subject to hydrolysis) is 1. The Labute approximate surface area is 155 Å². The van der Waals surface area contributed by atoms with Gasteiger partial charge in [-0.2, -0.15) is 0 Å². The van der Waals surface area contributed by atoms with E-state index in [2.05, 4.69) is 17.2 Å². The largest absolute Gasteiger partial charge is 0.438 e. The third-order valence-electron chi connectivity index (χ3n) is 4.46. The highest BCUT2D eigenvalue weighted by Crippen LogP contribution is 2.44. The molecule has 1 N–H and O–H groups in total. The fourth-order valence-corrected chi connectivity index (χ4v) is 2.98. The molecular weight excluding hydrogens is 322 g/mol. The highest BCUT2D eigenvalue weighted by molar-refractivity contribution is 5.69. The molecule has 2 aromatic carbocycles. The van der Waals surface area contributed by atoms with Gasteiger partial charge in [-0.15, -0.1) is 0 Å². The molecule has 0 aromatic heterocycles. The molecule has 1 amide bonds. The van der Waals surface area contributed by atoms with Crippen molar-refractivity contribution in [3.8, 4) is 11.8 Å². The molecule has 1 aliphatic carbocycles. The zero-order chi connectivity index (χ0) is 18.6. The van der Waals surface area contributed by atoms with Crippen molar-refractivity contribution in [2.75, 3.05) is 0 Å². The second-order valence-corrected chi connectivity index (χ2v) is 7.81. The maximum Gasteiger partial charge on any atom is 0.408 e. The summed E-state index contributed by atoms with van der Waals surface area (Å²) < 4.78 is 5.82. The Hall–Kier alpha value is -2.73. The third kappa shape index (κ3) is 4.46. The van der Waals surface area contributed by atoms with E-state index in [1.165, 1.54) is 0 Å². The molecular formula is C23H25NO2. The average Bonchev–Trinajstić information content (AvgIpc) is 2.56. The summed E-state index contributed by atoms with van der Waals surface area (Å²) in [5, 5.41) is 2.88. The van der Waals surface area contributed by atoms with E-state index < -0.39 is 5.60 Å². The maximum absolute atomic E-state index is 12.2. The number of carbonyl (C=O) groups excluding carboxylic acids is 1. The number of carbonyl (C=O) groups is 1. The first kappa shape index (κ1) is 18.1. The quantitative estimate of drug-likeness (QED) is 0.777. The van der Waals surface area contributed by atoms with Crippen LogP contribution >= 0.6 is 0 Å². The van der Waals surface area contributed by atoms with Crippen LogP contribution in [0.2, 0.25) is 0 Å². The minimum absolute atomic E-state index is 0.307. The summed E-state index contributed by atoms with van der Waals surface area (Å²) >= 11 is 0. The third-order valence-corrected chi connectivity index (χ3v) is 4.46. The molecule has 0 spiro atoms. The Bertz CT molecular complexity index is 816. The molecule has 1 aliphatic rings. The van der Waals surface area contributed by atoms with Gasteiger partial charge in [0.1, 0.15) is 5.60 Å². The molecule has 1 saturated carbocycles. The van der Waals surface area contributed by atoms with Crippen LogP contribution in [-0.2, 0) is 10.3 Å². The first-order chi connectivity index (χ1) is 12.4. The lowest BCUT2D eigenvalue weighted by Crippen LogP contribution is -2.47. The van der Waals surface area contributed by atoms with Crippen molar-refractivity contribution < 1.29 is 9.53 Å². The molecule has 134 valence electrons. The summed E-state index contributed by atoms with van der Waals surface area (Å²) in [7, 11) is 0. The van der Waals surface area contributed by atoms with Crippen molar-refractivity contribution >= 4 is 6.09 Å². The molecule has 3 nitrogen and oxygen atoms in total. The van der Waals surface area contributed by atoms with E-state index in [0.717, 1.165) is 36.0 Å². The van der Waals surface area contributed by atoms with Gasteiger partial charge in [-0.05, 0) is 69.9 Å². The number of benzene rings is 2. The minimum Gasteiger partial charge on any atom is -0.438 e. The van der Waals surface area contributed by atoms with Crippen molar-refractivity contribution in [2.45, 2.75) is 51.2 Å². The van der Waals surface area contributed by atoms with Crippen LogP contribution in [0.15, 0.2) is 54.6 Å². The van der Waals surface area contributed by atoms with Gasteiger partial charge < -0.3 is 10.1 Å². The van der Waals surface area contributed by atoms with Gasteiger partial charge in [0.05, 0.1) is 0 Å². The zero-order valence-corrected chi connectivity index (χ0v) is 15.6. The highest BCUT2D eigenvalue weighted by Gasteiger charge is 2.43. The smallest absolute Gasteiger partial charge is 0.408 e. The number of hydrogen-bond donors (Lipinski definition) is 1. The molecule has 0 unspecified atom stereocenters. The second-order valence-electron chi connectivity index (χ2n) is 7.81. The van der Waals surface area contributed by atoms with Gasteiger partial charge in [0.15, 0.2) is 0 Å². The topological polar surface area (TPSA) is 38.3 Å². The van der Waals surface area contributed by atoms with Crippen molar-refractivity contribution in [3.63, 3.8) is 0 Å². The van der Waals surface area contributed by atoms with Crippen LogP contribution in [0.25, 0.3) is 0 Å². The molecule has 0 aliphatic heterocycles. The van der Waals surface area contributed by atoms with E-state index in [4.69, 9.17) is 4.74 Å². The lowest BCUT2D eigenvalue weighted by molar-refractivity contribution is -0.0549. The molecule has 0 heterocycles. The predicted octanol–water partition coefficient (Wildman–Crippen LogP) is 4.99. The van der Waals surface area contributed by atoms with Crippen molar-refractivity contribution in [3.05, 3.63) is 71.3 Å². The van der Waals surface area contributed by atoms with Gasteiger partial charge in [0.2, 0.25) is 0 Å². The van der Waals surface area contributed by atoms with Gasteiger partial charge >= 0.3 is 6.09 Å². The Morgan fingerprint density at radius 3 is 2.04 bits per heavy atom. The lowest BCUT2D eigenvalue weighted by Gasteiger charge is -2.42. The van der Waals surface area contributed by atoms with Crippen LogP contribution in [0.1, 0.15) is 56.7 Å². The second kappa shape index (κ2) is 7.25. The van der Waals surface area contributed by atoms with Crippen molar-refractivity contribution in [2.24, 2.45) is 0 Å². The minimum atomic E-state index is -0.499. The Balaban J connectivity index is 1.72. The van der Waals surface area contributed by atoms with Gasteiger partial charge in [-0.25, -0.2) is 4.79 Å². The summed E-state index contributed by atoms with van der Waals surface area (Å²) in [4.78, 5) is 12.2. The molecule has 0 saturated heterocycles. The Morgan fingerprint density at radius 1 is 0.962 bits per heavy atom. The number of hydrogen-bond acceptors (Lipinski definition) is 2. The lowest BCUT2D eigenvalue weighted by atomic mass is 9.74. The molecule has 0 bridgehead atoms. The van der Waals surface area contributed by atoms with Gasteiger partial charge in [-0.3, -0.25) is 0 Å². The van der Waals surface area contributed by atoms with E-state index in [1.54, 1.807) is 0 Å². The van der Waals surface area contributed by atoms with E-state index >= 15 is 0 Å². The highest BCUT2D eigenvalue weighted by atomic mass is 16.6. The van der Waals surface area contributed by atoms with E-state index in [1.807, 2.05) is 75.4 Å². The fraction of sp³-hybridized carbons (Fsp3) is 0.348. The summed E-state index contributed by atoms with van der Waals surface area (Å²) in [6.07, 6.45) is 2.43. The van der Waals surface area contributed by atoms with Crippen LogP contribution in [-0.4, -0.2) is 11.6 Å². The molecule has 2 aromatic rings. The number of amides is 1. The summed E-state index contributed by atoms with van der Waals surface area (Å²) in [5.74, 6) is 6.34. The SMILES string of the molecule is CC(C)(C)NC(=O)OC1(c2ccc(C#Cc3ccccc3)cc2)CCC1. The molecule has 1 fully saturated rings. The Morgan fingerprint density at radius 2 is 1.54 bits per heavy atom. The average molecular weight is 347 g/mol. The molecule has 0 atom stereocenters. The predicted molar refractivity (Wildman–Crippen MR) is 104 cm³/mol. The molecule has 3 rings (SSSR count). The van der Waals surface area contributed by atoms with Crippen LogP contribution in [0.3, 0.4) is 0 Å². The van der Waals surface area contributed by atoms with E-state index in [0.29, 0.717) is 0 Å². The zero-order valence-electron chi connectivity index (χ0n) is 15.6. The van der Waals surface area contributed by atoms with Crippen molar-refractivity contribution in [1.29, 1.82) is 0 Å². The van der Waals surface area contributed by atoms with Gasteiger partial charge in [0.25, 0.3) is 0 Å². The monoisotopic (exact) mass is 347 g/mol. The number of rotatable bonds is 2. The summed E-state index contributed by atoms with van der Waals surface area (Å²) in [6, 6.07) is 18.0. The van der Waals surface area contributed by atoms with E-state index in [-0.39, 0.29) is 11.6 Å². The summed E-state index contributed by atoms with van der Waals surface area (Å²) in [6.45, 7) is 5.84. The fourth-order valence-electron chi connectivity index (χ4n) is 2.98. The van der Waals surface area contributed by atoms with Crippen LogP contribution < -0.4 is 5.32 Å². The normalized spacial score (nSPS) is 15.2. The standard InChI is InChI=1S/C23H25NO2/c1-22(2,3)24-21(25)26-23(16-7-17-23)20-14-12-19(13-15-20)11-10-18-8-5-4-6-9-18/h4-6,8-9,12-15H,7,16-17H2,1-3H3,(H,24,25). The number of ether oxygens (including phenoxy) is 1.